The summed E-state index contributed by atoms with van der Waals surface area (Å²) < 4.78 is 6.39. The molecule has 1 amide bonds. The van der Waals surface area contributed by atoms with Crippen molar-refractivity contribution in [2.45, 2.75) is 6.54 Å². The first kappa shape index (κ1) is 10.1. The Balaban J connectivity index is 1.80. The third-order valence-corrected chi connectivity index (χ3v) is 1.70. The molecule has 0 atom stereocenters. The summed E-state index contributed by atoms with van der Waals surface area (Å²) in [5, 5.41) is 7.50. The fourth-order valence-corrected chi connectivity index (χ4v) is 1.03. The van der Waals surface area contributed by atoms with Crippen molar-refractivity contribution in [2.24, 2.45) is 5.10 Å². The lowest BCUT2D eigenvalue weighted by atomic mass is 10.5. The Morgan fingerprint density at radius 1 is 1.69 bits per heavy atom. The average molecular weight is 219 g/mol. The van der Waals surface area contributed by atoms with Crippen LogP contribution < -0.4 is 5.43 Å². The maximum atomic E-state index is 11.3. The minimum absolute atomic E-state index is 0.0789. The maximum Gasteiger partial charge on any atom is 0.261 e. The molecule has 7 heteroatoms. The first-order valence-electron chi connectivity index (χ1n) is 4.52. The van der Waals surface area contributed by atoms with Gasteiger partial charge in [-0.05, 0) is 12.1 Å². The van der Waals surface area contributed by atoms with E-state index in [0.717, 1.165) is 0 Å². The van der Waals surface area contributed by atoms with Gasteiger partial charge < -0.3 is 4.42 Å². The Labute approximate surface area is 90.8 Å². The molecular formula is C9H9N5O2. The van der Waals surface area contributed by atoms with Crippen molar-refractivity contribution in [3.63, 3.8) is 0 Å². The number of nitrogens with one attached hydrogen (secondary N) is 1. The fraction of sp³-hybridized carbons (Fsp3) is 0.111. The van der Waals surface area contributed by atoms with Crippen LogP contribution in [0.25, 0.3) is 0 Å². The van der Waals surface area contributed by atoms with Crippen LogP contribution in [0.15, 0.2) is 40.6 Å². The van der Waals surface area contributed by atoms with E-state index >= 15 is 0 Å². The van der Waals surface area contributed by atoms with E-state index in [1.807, 2.05) is 0 Å². The Morgan fingerprint density at radius 3 is 3.31 bits per heavy atom. The zero-order valence-corrected chi connectivity index (χ0v) is 8.28. The zero-order valence-electron chi connectivity index (χ0n) is 8.28. The predicted molar refractivity (Wildman–Crippen MR) is 54.5 cm³/mol. The van der Waals surface area contributed by atoms with Gasteiger partial charge in [-0.1, -0.05) is 0 Å². The van der Waals surface area contributed by atoms with Crippen molar-refractivity contribution < 1.29 is 9.21 Å². The van der Waals surface area contributed by atoms with E-state index in [9.17, 15) is 4.79 Å². The molecule has 0 aliphatic heterocycles. The van der Waals surface area contributed by atoms with E-state index in [1.165, 1.54) is 29.8 Å². The number of furan rings is 1. The summed E-state index contributed by atoms with van der Waals surface area (Å²) in [6.07, 6.45) is 5.76. The summed E-state index contributed by atoms with van der Waals surface area (Å²) in [6.45, 7) is 0.0789. The van der Waals surface area contributed by atoms with Gasteiger partial charge in [0.1, 0.15) is 25.0 Å². The number of amides is 1. The molecule has 0 aromatic carbocycles. The van der Waals surface area contributed by atoms with Crippen LogP contribution in [0, 0.1) is 0 Å². The lowest BCUT2D eigenvalue weighted by Crippen LogP contribution is -2.23. The SMILES string of the molecule is O=C(Cn1cncn1)N/N=C/c1ccco1. The van der Waals surface area contributed by atoms with E-state index in [-0.39, 0.29) is 12.5 Å². The second-order valence-corrected chi connectivity index (χ2v) is 2.90. The number of carbonyl (C=O) groups excluding carboxylic acids is 1. The molecule has 7 nitrogen and oxygen atoms in total. The molecule has 82 valence electrons. The molecule has 2 aromatic heterocycles. The summed E-state index contributed by atoms with van der Waals surface area (Å²) in [6, 6.07) is 3.46. The molecule has 0 saturated heterocycles. The van der Waals surface area contributed by atoms with Gasteiger partial charge in [-0.3, -0.25) is 4.79 Å². The van der Waals surface area contributed by atoms with Crippen molar-refractivity contribution >= 4 is 12.1 Å². The largest absolute Gasteiger partial charge is 0.463 e. The topological polar surface area (TPSA) is 85.3 Å². The highest BCUT2D eigenvalue weighted by atomic mass is 16.3. The normalized spacial score (nSPS) is 10.8. The van der Waals surface area contributed by atoms with Gasteiger partial charge in [0.05, 0.1) is 12.5 Å². The van der Waals surface area contributed by atoms with Crippen molar-refractivity contribution in [1.82, 2.24) is 20.2 Å². The number of carbonyl (C=O) groups is 1. The number of nitrogens with zero attached hydrogens (tertiary/aromatic N) is 4. The van der Waals surface area contributed by atoms with Gasteiger partial charge in [0.25, 0.3) is 5.91 Å². The molecule has 0 bridgehead atoms. The monoisotopic (exact) mass is 219 g/mol. The van der Waals surface area contributed by atoms with Crippen LogP contribution in [0.1, 0.15) is 5.76 Å². The summed E-state index contributed by atoms with van der Waals surface area (Å²) in [5.41, 5.74) is 2.34. The summed E-state index contributed by atoms with van der Waals surface area (Å²) in [7, 11) is 0. The van der Waals surface area contributed by atoms with E-state index in [4.69, 9.17) is 4.42 Å². The Hall–Kier alpha value is -2.44. The number of rotatable bonds is 4. The van der Waals surface area contributed by atoms with Crippen LogP contribution in [0.5, 0.6) is 0 Å². The number of aromatic nitrogens is 3. The fourth-order valence-electron chi connectivity index (χ4n) is 1.03. The van der Waals surface area contributed by atoms with Crippen LogP contribution in [-0.2, 0) is 11.3 Å². The van der Waals surface area contributed by atoms with E-state index in [1.54, 1.807) is 12.1 Å². The molecule has 2 rings (SSSR count). The molecule has 16 heavy (non-hydrogen) atoms. The van der Waals surface area contributed by atoms with Crippen LogP contribution in [-0.4, -0.2) is 26.9 Å². The van der Waals surface area contributed by atoms with Crippen LogP contribution >= 0.6 is 0 Å². The third-order valence-electron chi connectivity index (χ3n) is 1.70. The highest BCUT2D eigenvalue weighted by Gasteiger charge is 2.00. The van der Waals surface area contributed by atoms with Crippen molar-refractivity contribution in [3.8, 4) is 0 Å². The summed E-state index contributed by atoms with van der Waals surface area (Å²) in [5.74, 6) is 0.286. The van der Waals surface area contributed by atoms with E-state index in [2.05, 4.69) is 20.6 Å². The van der Waals surface area contributed by atoms with Crippen molar-refractivity contribution in [2.75, 3.05) is 0 Å². The molecule has 2 aromatic rings. The first-order valence-corrected chi connectivity index (χ1v) is 4.52. The molecular weight excluding hydrogens is 210 g/mol. The van der Waals surface area contributed by atoms with E-state index in [0.29, 0.717) is 5.76 Å². The minimum Gasteiger partial charge on any atom is -0.463 e. The Kier molecular flexibility index (Phi) is 3.07. The average Bonchev–Trinajstić information content (AvgIpc) is 2.90. The lowest BCUT2D eigenvalue weighted by molar-refractivity contribution is -0.121. The van der Waals surface area contributed by atoms with Gasteiger partial charge in [-0.2, -0.15) is 10.2 Å². The van der Waals surface area contributed by atoms with E-state index < -0.39 is 0 Å². The smallest absolute Gasteiger partial charge is 0.261 e. The molecule has 0 unspecified atom stereocenters. The van der Waals surface area contributed by atoms with Crippen LogP contribution in [0.2, 0.25) is 0 Å². The van der Waals surface area contributed by atoms with Gasteiger partial charge >= 0.3 is 0 Å². The predicted octanol–water partition coefficient (Wildman–Crippen LogP) is 0.0214. The molecule has 0 saturated carbocycles. The molecule has 1 N–H and O–H groups in total. The molecule has 0 radical (unpaired) electrons. The summed E-state index contributed by atoms with van der Waals surface area (Å²) >= 11 is 0. The van der Waals surface area contributed by atoms with Gasteiger partial charge in [0.15, 0.2) is 0 Å². The highest BCUT2D eigenvalue weighted by molar-refractivity contribution is 5.80. The Bertz CT molecular complexity index is 460. The molecule has 0 aliphatic carbocycles. The third kappa shape index (κ3) is 2.77. The molecule has 0 aliphatic rings. The van der Waals surface area contributed by atoms with Gasteiger partial charge in [0, 0.05) is 0 Å². The Morgan fingerprint density at radius 2 is 2.62 bits per heavy atom. The van der Waals surface area contributed by atoms with Crippen LogP contribution in [0.3, 0.4) is 0 Å². The second kappa shape index (κ2) is 4.87. The highest BCUT2D eigenvalue weighted by Crippen LogP contribution is 1.94. The quantitative estimate of drug-likeness (QED) is 0.580. The van der Waals surface area contributed by atoms with Crippen molar-refractivity contribution in [1.29, 1.82) is 0 Å². The lowest BCUT2D eigenvalue weighted by Gasteiger charge is -1.97. The summed E-state index contributed by atoms with van der Waals surface area (Å²) in [4.78, 5) is 15.0. The minimum atomic E-state index is -0.284. The van der Waals surface area contributed by atoms with Crippen molar-refractivity contribution in [3.05, 3.63) is 36.8 Å². The number of hydrazone groups is 1. The standard InChI is InChI=1S/C9H9N5O2/c15-9(5-14-7-10-6-12-14)13-11-4-8-2-1-3-16-8/h1-4,6-7H,5H2,(H,13,15)/b11-4+. The molecule has 0 spiro atoms. The molecule has 0 fully saturated rings. The van der Waals surface area contributed by atoms with Gasteiger partial charge in [-0.15, -0.1) is 0 Å². The number of hydrogen-bond donors (Lipinski definition) is 1. The maximum absolute atomic E-state index is 11.3. The second-order valence-electron chi connectivity index (χ2n) is 2.90. The molecule has 2 heterocycles. The number of hydrogen-bond acceptors (Lipinski definition) is 5. The first-order chi connectivity index (χ1) is 7.84. The van der Waals surface area contributed by atoms with Gasteiger partial charge in [-0.25, -0.2) is 15.1 Å². The zero-order chi connectivity index (χ0) is 11.2. The van der Waals surface area contributed by atoms with Crippen LogP contribution in [0.4, 0.5) is 0 Å². The van der Waals surface area contributed by atoms with Gasteiger partial charge in [0.2, 0.25) is 0 Å².